The Kier molecular flexibility index (Phi) is 3.50. The molecular formula is C15H19N5. The first-order valence-electron chi connectivity index (χ1n) is 7.01. The molecule has 5 heteroatoms. The second kappa shape index (κ2) is 5.45. The van der Waals surface area contributed by atoms with Crippen molar-refractivity contribution < 1.29 is 0 Å². The van der Waals surface area contributed by atoms with E-state index < -0.39 is 0 Å². The highest BCUT2D eigenvalue weighted by Crippen LogP contribution is 2.20. The first kappa shape index (κ1) is 12.8. The van der Waals surface area contributed by atoms with Crippen molar-refractivity contribution in [2.24, 2.45) is 0 Å². The SMILES string of the molecule is Cc1ccc(Nc2nncc(N3CCCC3)n2)cc1C. The van der Waals surface area contributed by atoms with Gasteiger partial charge in [0.15, 0.2) is 5.82 Å². The van der Waals surface area contributed by atoms with Crippen molar-refractivity contribution in [2.45, 2.75) is 26.7 Å². The Balaban J connectivity index is 1.79. The molecule has 1 saturated heterocycles. The Labute approximate surface area is 119 Å². The van der Waals surface area contributed by atoms with Gasteiger partial charge >= 0.3 is 0 Å². The lowest BCUT2D eigenvalue weighted by Crippen LogP contribution is -2.19. The van der Waals surface area contributed by atoms with Crippen LogP contribution in [0, 0.1) is 13.8 Å². The highest BCUT2D eigenvalue weighted by Gasteiger charge is 2.14. The van der Waals surface area contributed by atoms with Gasteiger partial charge in [-0.25, -0.2) is 0 Å². The molecule has 5 nitrogen and oxygen atoms in total. The van der Waals surface area contributed by atoms with Crippen LogP contribution in [0.5, 0.6) is 0 Å². The Morgan fingerprint density at radius 2 is 1.90 bits per heavy atom. The van der Waals surface area contributed by atoms with E-state index in [1.54, 1.807) is 6.20 Å². The minimum atomic E-state index is 0.553. The van der Waals surface area contributed by atoms with Crippen LogP contribution in [0.2, 0.25) is 0 Å². The summed E-state index contributed by atoms with van der Waals surface area (Å²) >= 11 is 0. The molecular weight excluding hydrogens is 250 g/mol. The van der Waals surface area contributed by atoms with Gasteiger partial charge in [0, 0.05) is 18.8 Å². The molecule has 1 aliphatic heterocycles. The second-order valence-electron chi connectivity index (χ2n) is 5.26. The first-order chi connectivity index (χ1) is 9.72. The molecule has 1 fully saturated rings. The molecule has 1 N–H and O–H groups in total. The lowest BCUT2D eigenvalue weighted by molar-refractivity contribution is 0.890. The van der Waals surface area contributed by atoms with Gasteiger partial charge in [-0.1, -0.05) is 6.07 Å². The van der Waals surface area contributed by atoms with E-state index in [9.17, 15) is 0 Å². The fourth-order valence-corrected chi connectivity index (χ4v) is 2.39. The molecule has 3 rings (SSSR count). The number of hydrogen-bond acceptors (Lipinski definition) is 5. The summed E-state index contributed by atoms with van der Waals surface area (Å²) in [5.74, 6) is 1.46. The van der Waals surface area contributed by atoms with Crippen LogP contribution in [0.3, 0.4) is 0 Å². The van der Waals surface area contributed by atoms with Crippen LogP contribution in [0.25, 0.3) is 0 Å². The van der Waals surface area contributed by atoms with Gasteiger partial charge in [0.2, 0.25) is 5.95 Å². The van der Waals surface area contributed by atoms with Crippen molar-refractivity contribution >= 4 is 17.5 Å². The van der Waals surface area contributed by atoms with Gasteiger partial charge in [0.1, 0.15) is 0 Å². The van der Waals surface area contributed by atoms with Gasteiger partial charge in [-0.2, -0.15) is 10.1 Å². The number of rotatable bonds is 3. The highest BCUT2D eigenvalue weighted by atomic mass is 15.3. The average Bonchev–Trinajstić information content (AvgIpc) is 2.97. The van der Waals surface area contributed by atoms with Crippen LogP contribution in [0.4, 0.5) is 17.5 Å². The third kappa shape index (κ3) is 2.71. The quantitative estimate of drug-likeness (QED) is 0.928. The van der Waals surface area contributed by atoms with Gasteiger partial charge < -0.3 is 10.2 Å². The van der Waals surface area contributed by atoms with Crippen molar-refractivity contribution in [2.75, 3.05) is 23.3 Å². The van der Waals surface area contributed by atoms with Crippen molar-refractivity contribution in [1.29, 1.82) is 0 Å². The average molecular weight is 269 g/mol. The summed E-state index contributed by atoms with van der Waals surface area (Å²) in [6, 6.07) is 6.23. The molecule has 20 heavy (non-hydrogen) atoms. The van der Waals surface area contributed by atoms with Crippen LogP contribution < -0.4 is 10.2 Å². The van der Waals surface area contributed by atoms with Crippen LogP contribution in [0.15, 0.2) is 24.4 Å². The van der Waals surface area contributed by atoms with Crippen LogP contribution in [-0.4, -0.2) is 28.3 Å². The lowest BCUT2D eigenvalue weighted by Gasteiger charge is -2.16. The minimum Gasteiger partial charge on any atom is -0.355 e. The zero-order valence-electron chi connectivity index (χ0n) is 11.9. The number of nitrogens with zero attached hydrogens (tertiary/aromatic N) is 4. The van der Waals surface area contributed by atoms with E-state index in [-0.39, 0.29) is 0 Å². The maximum Gasteiger partial charge on any atom is 0.249 e. The van der Waals surface area contributed by atoms with Gasteiger partial charge in [0.25, 0.3) is 0 Å². The molecule has 0 saturated carbocycles. The topological polar surface area (TPSA) is 53.9 Å². The predicted molar refractivity (Wildman–Crippen MR) is 80.5 cm³/mol. The second-order valence-corrected chi connectivity index (χ2v) is 5.26. The summed E-state index contributed by atoms with van der Waals surface area (Å²) in [7, 11) is 0. The molecule has 1 aliphatic rings. The number of anilines is 3. The summed E-state index contributed by atoms with van der Waals surface area (Å²) in [5, 5.41) is 11.3. The van der Waals surface area contributed by atoms with E-state index in [1.165, 1.54) is 24.0 Å². The van der Waals surface area contributed by atoms with Crippen LogP contribution >= 0.6 is 0 Å². The van der Waals surface area contributed by atoms with Crippen molar-refractivity contribution in [3.8, 4) is 0 Å². The van der Waals surface area contributed by atoms with Crippen LogP contribution in [0.1, 0.15) is 24.0 Å². The molecule has 0 atom stereocenters. The molecule has 0 radical (unpaired) electrons. The standard InChI is InChI=1S/C15H19N5/c1-11-5-6-13(9-12(11)2)17-15-18-14(10-16-19-15)20-7-3-4-8-20/h5-6,9-10H,3-4,7-8H2,1-2H3,(H,17,18,19). The summed E-state index contributed by atoms with van der Waals surface area (Å²) in [6.45, 7) is 6.31. The third-order valence-corrected chi connectivity index (χ3v) is 3.74. The largest absolute Gasteiger partial charge is 0.355 e. The molecule has 2 heterocycles. The molecule has 0 unspecified atom stereocenters. The zero-order chi connectivity index (χ0) is 13.9. The lowest BCUT2D eigenvalue weighted by atomic mass is 10.1. The monoisotopic (exact) mass is 269 g/mol. The number of aryl methyl sites for hydroxylation is 2. The molecule has 104 valence electrons. The van der Waals surface area contributed by atoms with Crippen LogP contribution in [-0.2, 0) is 0 Å². The molecule has 0 bridgehead atoms. The Bertz CT molecular complexity index is 605. The number of aromatic nitrogens is 3. The summed E-state index contributed by atoms with van der Waals surface area (Å²) in [4.78, 5) is 6.79. The molecule has 0 aliphatic carbocycles. The highest BCUT2D eigenvalue weighted by molar-refractivity contribution is 5.56. The van der Waals surface area contributed by atoms with E-state index in [0.29, 0.717) is 5.95 Å². The fourth-order valence-electron chi connectivity index (χ4n) is 2.39. The Morgan fingerprint density at radius 3 is 2.65 bits per heavy atom. The minimum absolute atomic E-state index is 0.553. The predicted octanol–water partition coefficient (Wildman–Crippen LogP) is 2.83. The maximum atomic E-state index is 4.54. The fraction of sp³-hybridized carbons (Fsp3) is 0.400. The van der Waals surface area contributed by atoms with E-state index in [4.69, 9.17) is 0 Å². The maximum absolute atomic E-state index is 4.54. The van der Waals surface area contributed by atoms with Crippen molar-refractivity contribution in [3.63, 3.8) is 0 Å². The smallest absolute Gasteiger partial charge is 0.249 e. The zero-order valence-corrected chi connectivity index (χ0v) is 11.9. The molecule has 2 aromatic rings. The molecule has 1 aromatic heterocycles. The Morgan fingerprint density at radius 1 is 1.10 bits per heavy atom. The molecule has 0 amide bonds. The number of benzene rings is 1. The molecule has 1 aromatic carbocycles. The van der Waals surface area contributed by atoms with Gasteiger partial charge in [-0.15, -0.1) is 5.10 Å². The van der Waals surface area contributed by atoms with Gasteiger partial charge in [0.05, 0.1) is 6.20 Å². The van der Waals surface area contributed by atoms with E-state index in [1.807, 2.05) is 6.07 Å². The number of nitrogens with one attached hydrogen (secondary N) is 1. The van der Waals surface area contributed by atoms with Crippen molar-refractivity contribution in [3.05, 3.63) is 35.5 Å². The third-order valence-electron chi connectivity index (χ3n) is 3.74. The van der Waals surface area contributed by atoms with Gasteiger partial charge in [-0.3, -0.25) is 0 Å². The normalized spacial score (nSPS) is 14.6. The van der Waals surface area contributed by atoms with E-state index >= 15 is 0 Å². The molecule has 0 spiro atoms. The van der Waals surface area contributed by atoms with E-state index in [0.717, 1.165) is 24.6 Å². The summed E-state index contributed by atoms with van der Waals surface area (Å²) in [5.41, 5.74) is 3.52. The number of hydrogen-bond donors (Lipinski definition) is 1. The summed E-state index contributed by atoms with van der Waals surface area (Å²) in [6.07, 6.45) is 4.19. The van der Waals surface area contributed by atoms with Gasteiger partial charge in [-0.05, 0) is 49.9 Å². The van der Waals surface area contributed by atoms with E-state index in [2.05, 4.69) is 51.4 Å². The van der Waals surface area contributed by atoms with Crippen molar-refractivity contribution in [1.82, 2.24) is 15.2 Å². The first-order valence-corrected chi connectivity index (χ1v) is 7.01. The Hall–Kier alpha value is -2.17. The summed E-state index contributed by atoms with van der Waals surface area (Å²) < 4.78 is 0.